The molecule has 0 spiro atoms. The highest BCUT2D eigenvalue weighted by molar-refractivity contribution is 5.36. The zero-order chi connectivity index (χ0) is 19.1. The molecule has 0 radical (unpaired) electrons. The fourth-order valence-corrected chi connectivity index (χ4v) is 3.21. The van der Waals surface area contributed by atoms with Crippen LogP contribution >= 0.6 is 0 Å². The molecular weight excluding hydrogens is 344 g/mol. The van der Waals surface area contributed by atoms with E-state index < -0.39 is 5.79 Å². The maximum absolute atomic E-state index is 6.57. The SMILES string of the molecule is c1ccc(COC(Oc2ccccc2)(c2ccccc2)c2ccccc2)cc1. The van der Waals surface area contributed by atoms with Gasteiger partial charge in [0.25, 0.3) is 5.79 Å². The molecule has 0 unspecified atom stereocenters. The van der Waals surface area contributed by atoms with Crippen LogP contribution < -0.4 is 4.74 Å². The van der Waals surface area contributed by atoms with Gasteiger partial charge in [-0.15, -0.1) is 0 Å². The van der Waals surface area contributed by atoms with Gasteiger partial charge in [-0.25, -0.2) is 0 Å². The fourth-order valence-electron chi connectivity index (χ4n) is 3.21. The van der Waals surface area contributed by atoms with Crippen molar-refractivity contribution in [3.05, 3.63) is 138 Å². The number of rotatable bonds is 7. The van der Waals surface area contributed by atoms with Gasteiger partial charge in [-0.05, 0) is 17.7 Å². The number of hydrogen-bond acceptors (Lipinski definition) is 2. The second-order valence-electron chi connectivity index (χ2n) is 6.54. The molecule has 0 bridgehead atoms. The Morgan fingerprint density at radius 1 is 0.500 bits per heavy atom. The average Bonchev–Trinajstić information content (AvgIpc) is 2.79. The minimum atomic E-state index is -1.06. The standard InChI is InChI=1S/C26H22O2/c1-5-13-22(14-6-1)21-27-26(23-15-7-2-8-16-23,24-17-9-3-10-18-24)28-25-19-11-4-12-20-25/h1-20H,21H2. The summed E-state index contributed by atoms with van der Waals surface area (Å²) in [6, 6.07) is 40.2. The Bertz CT molecular complexity index is 928. The maximum Gasteiger partial charge on any atom is 0.264 e. The zero-order valence-corrected chi connectivity index (χ0v) is 15.6. The molecule has 0 aliphatic rings. The van der Waals surface area contributed by atoms with Gasteiger partial charge in [0, 0.05) is 11.1 Å². The lowest BCUT2D eigenvalue weighted by Crippen LogP contribution is -2.37. The highest BCUT2D eigenvalue weighted by Gasteiger charge is 2.38. The minimum absolute atomic E-state index is 0.428. The molecule has 0 saturated carbocycles. The first-order valence-electron chi connectivity index (χ1n) is 9.40. The molecule has 0 aromatic heterocycles. The normalized spacial score (nSPS) is 11.1. The Morgan fingerprint density at radius 2 is 0.929 bits per heavy atom. The lowest BCUT2D eigenvalue weighted by atomic mass is 9.96. The summed E-state index contributed by atoms with van der Waals surface area (Å²) in [5.41, 5.74) is 2.98. The van der Waals surface area contributed by atoms with Crippen molar-refractivity contribution in [2.75, 3.05) is 0 Å². The molecule has 4 rings (SSSR count). The first-order chi connectivity index (χ1) is 13.9. The molecule has 0 atom stereocenters. The summed E-state index contributed by atoms with van der Waals surface area (Å²) in [4.78, 5) is 0. The number of hydrogen-bond donors (Lipinski definition) is 0. The van der Waals surface area contributed by atoms with Crippen LogP contribution in [0.3, 0.4) is 0 Å². The Hall–Kier alpha value is -3.36. The molecule has 0 fully saturated rings. The predicted octanol–water partition coefficient (Wildman–Crippen LogP) is 6.18. The number of para-hydroxylation sites is 1. The summed E-state index contributed by atoms with van der Waals surface area (Å²) in [6.45, 7) is 0.428. The van der Waals surface area contributed by atoms with Crippen molar-refractivity contribution in [3.63, 3.8) is 0 Å². The van der Waals surface area contributed by atoms with Crippen molar-refractivity contribution in [3.8, 4) is 5.75 Å². The molecule has 0 N–H and O–H groups in total. The molecule has 2 heteroatoms. The quantitative estimate of drug-likeness (QED) is 0.363. The van der Waals surface area contributed by atoms with Gasteiger partial charge in [-0.3, -0.25) is 0 Å². The third-order valence-corrected chi connectivity index (χ3v) is 4.60. The monoisotopic (exact) mass is 366 g/mol. The van der Waals surface area contributed by atoms with E-state index in [1.165, 1.54) is 0 Å². The van der Waals surface area contributed by atoms with Gasteiger partial charge in [0.05, 0.1) is 6.61 Å². The van der Waals surface area contributed by atoms with Crippen LogP contribution in [-0.4, -0.2) is 0 Å². The molecule has 0 saturated heterocycles. The number of benzene rings is 4. The van der Waals surface area contributed by atoms with Crippen molar-refractivity contribution >= 4 is 0 Å². The zero-order valence-electron chi connectivity index (χ0n) is 15.6. The molecular formula is C26H22O2. The summed E-state index contributed by atoms with van der Waals surface area (Å²) in [5, 5.41) is 0. The smallest absolute Gasteiger partial charge is 0.264 e. The van der Waals surface area contributed by atoms with Gasteiger partial charge in [0.2, 0.25) is 0 Å². The van der Waals surface area contributed by atoms with Crippen molar-refractivity contribution in [1.82, 2.24) is 0 Å². The van der Waals surface area contributed by atoms with Gasteiger partial charge >= 0.3 is 0 Å². The van der Waals surface area contributed by atoms with E-state index in [4.69, 9.17) is 9.47 Å². The van der Waals surface area contributed by atoms with Gasteiger partial charge in [-0.2, -0.15) is 0 Å². The van der Waals surface area contributed by atoms with Crippen LogP contribution in [0.25, 0.3) is 0 Å². The average molecular weight is 366 g/mol. The van der Waals surface area contributed by atoms with E-state index in [1.54, 1.807) is 0 Å². The van der Waals surface area contributed by atoms with Crippen molar-refractivity contribution in [2.24, 2.45) is 0 Å². The highest BCUT2D eigenvalue weighted by atomic mass is 16.7. The molecule has 0 amide bonds. The molecule has 4 aromatic carbocycles. The first kappa shape index (κ1) is 18.0. The Labute approximate surface area is 166 Å². The Kier molecular flexibility index (Phi) is 5.51. The minimum Gasteiger partial charge on any atom is -0.454 e. The number of ether oxygens (including phenoxy) is 2. The van der Waals surface area contributed by atoms with E-state index in [1.807, 2.05) is 109 Å². The van der Waals surface area contributed by atoms with Crippen LogP contribution in [0.5, 0.6) is 5.75 Å². The van der Waals surface area contributed by atoms with Crippen LogP contribution in [0, 0.1) is 0 Å². The molecule has 4 aromatic rings. The second kappa shape index (κ2) is 8.55. The van der Waals surface area contributed by atoms with E-state index in [-0.39, 0.29) is 0 Å². The van der Waals surface area contributed by atoms with Crippen molar-refractivity contribution < 1.29 is 9.47 Å². The van der Waals surface area contributed by atoms with E-state index in [0.717, 1.165) is 22.4 Å². The summed E-state index contributed by atoms with van der Waals surface area (Å²) >= 11 is 0. The Morgan fingerprint density at radius 3 is 1.43 bits per heavy atom. The van der Waals surface area contributed by atoms with Gasteiger partial charge in [0.1, 0.15) is 5.75 Å². The lowest BCUT2D eigenvalue weighted by molar-refractivity contribution is -0.169. The Balaban J connectivity index is 1.81. The molecule has 138 valence electrons. The summed E-state index contributed by atoms with van der Waals surface area (Å²) in [6.07, 6.45) is 0. The van der Waals surface area contributed by atoms with E-state index in [0.29, 0.717) is 6.61 Å². The highest BCUT2D eigenvalue weighted by Crippen LogP contribution is 2.37. The summed E-state index contributed by atoms with van der Waals surface area (Å²) in [5.74, 6) is -0.303. The van der Waals surface area contributed by atoms with Crippen molar-refractivity contribution in [1.29, 1.82) is 0 Å². The molecule has 0 aliphatic carbocycles. The first-order valence-corrected chi connectivity index (χ1v) is 9.40. The summed E-state index contributed by atoms with van der Waals surface area (Å²) < 4.78 is 13.1. The van der Waals surface area contributed by atoms with E-state index >= 15 is 0 Å². The van der Waals surface area contributed by atoms with Gasteiger partial charge in [0.15, 0.2) is 0 Å². The molecule has 28 heavy (non-hydrogen) atoms. The topological polar surface area (TPSA) is 18.5 Å². The van der Waals surface area contributed by atoms with Gasteiger partial charge < -0.3 is 9.47 Å². The van der Waals surface area contributed by atoms with Crippen LogP contribution in [0.4, 0.5) is 0 Å². The fraction of sp³-hybridized carbons (Fsp3) is 0.0769. The van der Waals surface area contributed by atoms with Crippen LogP contribution in [0.1, 0.15) is 16.7 Å². The lowest BCUT2D eigenvalue weighted by Gasteiger charge is -2.35. The van der Waals surface area contributed by atoms with Gasteiger partial charge in [-0.1, -0.05) is 109 Å². The molecule has 0 heterocycles. The summed E-state index contributed by atoms with van der Waals surface area (Å²) in [7, 11) is 0. The molecule has 2 nitrogen and oxygen atoms in total. The van der Waals surface area contributed by atoms with Crippen LogP contribution in [0.2, 0.25) is 0 Å². The largest absolute Gasteiger partial charge is 0.454 e. The van der Waals surface area contributed by atoms with Crippen LogP contribution in [-0.2, 0) is 17.1 Å². The predicted molar refractivity (Wildman–Crippen MR) is 112 cm³/mol. The van der Waals surface area contributed by atoms with Crippen molar-refractivity contribution in [2.45, 2.75) is 12.4 Å². The third kappa shape index (κ3) is 3.98. The van der Waals surface area contributed by atoms with E-state index in [9.17, 15) is 0 Å². The van der Waals surface area contributed by atoms with Crippen LogP contribution in [0.15, 0.2) is 121 Å². The molecule has 0 aliphatic heterocycles. The third-order valence-electron chi connectivity index (χ3n) is 4.60. The second-order valence-corrected chi connectivity index (χ2v) is 6.54. The van der Waals surface area contributed by atoms with E-state index in [2.05, 4.69) is 12.1 Å². The maximum atomic E-state index is 6.57.